The first-order valence-electron chi connectivity index (χ1n) is 12.0. The van der Waals surface area contributed by atoms with Crippen molar-refractivity contribution in [2.24, 2.45) is 0 Å². The maximum atomic E-state index is 12.1. The van der Waals surface area contributed by atoms with Crippen LogP contribution in [0, 0.1) is 0 Å². The molecule has 32 heavy (non-hydrogen) atoms. The number of unbranched alkanes of at least 4 members (excludes halogenated alkanes) is 8. The maximum Gasteiger partial charge on any atom is 0.344 e. The van der Waals surface area contributed by atoms with Crippen molar-refractivity contribution in [2.75, 3.05) is 41.8 Å². The predicted octanol–water partition coefficient (Wildman–Crippen LogP) is 2.61. The molecule has 0 aliphatic carbocycles. The smallest absolute Gasteiger partial charge is 0.344 e. The molecule has 0 aromatic carbocycles. The van der Waals surface area contributed by atoms with Crippen LogP contribution in [0.15, 0.2) is 0 Å². The molecule has 0 bridgehead atoms. The molecule has 1 unspecified atom stereocenters. The van der Waals surface area contributed by atoms with Gasteiger partial charge >= 0.3 is 5.97 Å². The van der Waals surface area contributed by atoms with E-state index in [-0.39, 0.29) is 12.5 Å². The molecular weight excluding hydrogens is 410 g/mol. The van der Waals surface area contributed by atoms with Gasteiger partial charge in [0.15, 0.2) is 5.66 Å². The van der Waals surface area contributed by atoms with Gasteiger partial charge in [-0.15, -0.1) is 0 Å². The van der Waals surface area contributed by atoms with Gasteiger partial charge in [0.05, 0.1) is 27.1 Å². The Hall–Kier alpha value is -1.67. The first kappa shape index (κ1) is 32.5. The lowest BCUT2D eigenvalue weighted by Gasteiger charge is -2.36. The Balaban J connectivity index is 0. The third kappa shape index (κ3) is 17.0. The molecule has 0 spiro atoms. The summed E-state index contributed by atoms with van der Waals surface area (Å²) in [5.41, 5.74) is -1.29. The number of quaternary nitrogens is 1. The third-order valence-corrected chi connectivity index (χ3v) is 5.19. The second-order valence-electron chi connectivity index (χ2n) is 9.76. The SMILES string of the molecule is CCCCCCCCCCCC(=O)NC(CCC)(C(=O)O)N(C)C.C[N+](C)(C)CC(=O)[O-]. The second-order valence-corrected chi connectivity index (χ2v) is 9.76. The van der Waals surface area contributed by atoms with Crippen molar-refractivity contribution in [2.45, 2.75) is 96.6 Å². The summed E-state index contributed by atoms with van der Waals surface area (Å²) >= 11 is 0. The molecule has 1 atom stereocenters. The Bertz CT molecular complexity index is 532. The summed E-state index contributed by atoms with van der Waals surface area (Å²) in [7, 11) is 8.80. The van der Waals surface area contributed by atoms with Crippen molar-refractivity contribution in [3.63, 3.8) is 0 Å². The molecule has 8 heteroatoms. The van der Waals surface area contributed by atoms with Gasteiger partial charge in [0.25, 0.3) is 0 Å². The van der Waals surface area contributed by atoms with Crippen molar-refractivity contribution in [1.29, 1.82) is 0 Å². The minimum Gasteiger partial charge on any atom is -0.544 e. The van der Waals surface area contributed by atoms with E-state index in [1.807, 2.05) is 6.92 Å². The minimum absolute atomic E-state index is 0.0694. The number of carbonyl (C=O) groups excluding carboxylic acids is 2. The molecule has 0 saturated carbocycles. The largest absolute Gasteiger partial charge is 0.544 e. The van der Waals surface area contributed by atoms with Crippen molar-refractivity contribution in [3.05, 3.63) is 0 Å². The number of hydrogen-bond acceptors (Lipinski definition) is 5. The molecule has 0 fully saturated rings. The highest BCUT2D eigenvalue weighted by Gasteiger charge is 2.41. The fourth-order valence-corrected chi connectivity index (χ4v) is 3.39. The van der Waals surface area contributed by atoms with E-state index in [9.17, 15) is 24.6 Å². The van der Waals surface area contributed by atoms with E-state index in [0.717, 1.165) is 19.3 Å². The molecule has 190 valence electrons. The fraction of sp³-hybridized carbons (Fsp3) is 0.875. The Morgan fingerprint density at radius 2 is 1.34 bits per heavy atom. The van der Waals surface area contributed by atoms with Crippen LogP contribution in [0.3, 0.4) is 0 Å². The van der Waals surface area contributed by atoms with Crippen molar-refractivity contribution in [1.82, 2.24) is 10.2 Å². The highest BCUT2D eigenvalue weighted by molar-refractivity contribution is 5.86. The summed E-state index contributed by atoms with van der Waals surface area (Å²) in [6.45, 7) is 4.22. The standard InChI is InChI=1S/C19H38N2O3.C5H11NO2/c1-5-7-8-9-10-11-12-13-14-15-17(22)20-19(16-6-2,18(23)24)21(3)4;1-6(2,3)4-5(7)8/h5-16H2,1-4H3,(H,20,22)(H,23,24);4H2,1-3H3. The highest BCUT2D eigenvalue weighted by Crippen LogP contribution is 2.17. The summed E-state index contributed by atoms with van der Waals surface area (Å²) in [5, 5.41) is 22.2. The van der Waals surface area contributed by atoms with Crippen molar-refractivity contribution < 1.29 is 29.1 Å². The lowest BCUT2D eigenvalue weighted by molar-refractivity contribution is -0.864. The molecule has 0 rings (SSSR count). The highest BCUT2D eigenvalue weighted by atomic mass is 16.4. The molecule has 8 nitrogen and oxygen atoms in total. The van der Waals surface area contributed by atoms with Crippen LogP contribution in [0.25, 0.3) is 0 Å². The average Bonchev–Trinajstić information content (AvgIpc) is 2.64. The third-order valence-electron chi connectivity index (χ3n) is 5.19. The Morgan fingerprint density at radius 1 is 0.875 bits per heavy atom. The van der Waals surface area contributed by atoms with Gasteiger partial charge in [-0.05, 0) is 26.9 Å². The van der Waals surface area contributed by atoms with E-state index in [2.05, 4.69) is 12.2 Å². The van der Waals surface area contributed by atoms with E-state index in [0.29, 0.717) is 23.7 Å². The maximum absolute atomic E-state index is 12.1. The predicted molar refractivity (Wildman–Crippen MR) is 127 cm³/mol. The zero-order valence-corrected chi connectivity index (χ0v) is 21.7. The van der Waals surface area contributed by atoms with Crippen LogP contribution in [-0.4, -0.2) is 79.8 Å². The van der Waals surface area contributed by atoms with Crippen LogP contribution in [0.2, 0.25) is 0 Å². The summed E-state index contributed by atoms with van der Waals surface area (Å²) in [4.78, 5) is 35.3. The number of carboxylic acids is 2. The second kappa shape index (κ2) is 17.8. The van der Waals surface area contributed by atoms with E-state index in [4.69, 9.17) is 0 Å². The van der Waals surface area contributed by atoms with Gasteiger partial charge in [-0.2, -0.15) is 0 Å². The van der Waals surface area contributed by atoms with Gasteiger partial charge in [-0.25, -0.2) is 4.79 Å². The molecular formula is C24H49N3O5. The van der Waals surface area contributed by atoms with Crippen LogP contribution in [-0.2, 0) is 14.4 Å². The van der Waals surface area contributed by atoms with Crippen LogP contribution in [0.5, 0.6) is 0 Å². The van der Waals surface area contributed by atoms with E-state index in [1.54, 1.807) is 40.1 Å². The summed E-state index contributed by atoms with van der Waals surface area (Å²) in [5.74, 6) is -2.16. The Labute approximate surface area is 195 Å². The molecule has 0 aromatic heterocycles. The van der Waals surface area contributed by atoms with Gasteiger partial charge < -0.3 is 24.8 Å². The normalized spacial score (nSPS) is 13.1. The molecule has 1 amide bonds. The first-order chi connectivity index (χ1) is 14.8. The number of carbonyl (C=O) groups is 3. The number of carboxylic acid groups (broad SMARTS) is 2. The Morgan fingerprint density at radius 3 is 1.66 bits per heavy atom. The van der Waals surface area contributed by atoms with Crippen LogP contribution in [0.4, 0.5) is 0 Å². The van der Waals surface area contributed by atoms with E-state index in [1.165, 1.54) is 38.5 Å². The first-order valence-corrected chi connectivity index (χ1v) is 12.0. The lowest BCUT2D eigenvalue weighted by atomic mass is 10.0. The zero-order chi connectivity index (χ0) is 25.2. The van der Waals surface area contributed by atoms with Gasteiger partial charge in [-0.3, -0.25) is 9.69 Å². The van der Waals surface area contributed by atoms with Gasteiger partial charge in [0, 0.05) is 6.42 Å². The monoisotopic (exact) mass is 459 g/mol. The number of amides is 1. The number of rotatable bonds is 17. The summed E-state index contributed by atoms with van der Waals surface area (Å²) < 4.78 is 0.419. The average molecular weight is 460 g/mol. The van der Waals surface area contributed by atoms with Crippen molar-refractivity contribution in [3.8, 4) is 0 Å². The molecule has 0 heterocycles. The quantitative estimate of drug-likeness (QED) is 0.197. The number of hydrogen-bond donors (Lipinski definition) is 2. The number of nitrogens with one attached hydrogen (secondary N) is 1. The van der Waals surface area contributed by atoms with Crippen LogP contribution >= 0.6 is 0 Å². The zero-order valence-electron chi connectivity index (χ0n) is 21.7. The lowest BCUT2D eigenvalue weighted by Crippen LogP contribution is -2.63. The van der Waals surface area contributed by atoms with E-state index < -0.39 is 17.6 Å². The topological polar surface area (TPSA) is 110 Å². The number of nitrogens with zero attached hydrogens (tertiary/aromatic N) is 2. The van der Waals surface area contributed by atoms with Gasteiger partial charge in [0.1, 0.15) is 6.54 Å². The van der Waals surface area contributed by atoms with Crippen LogP contribution < -0.4 is 10.4 Å². The minimum atomic E-state index is -1.29. The van der Waals surface area contributed by atoms with Crippen molar-refractivity contribution >= 4 is 17.8 Å². The number of likely N-dealkylation sites (N-methyl/N-ethyl adjacent to an activating group) is 2. The molecule has 2 N–H and O–H groups in total. The fourth-order valence-electron chi connectivity index (χ4n) is 3.39. The van der Waals surface area contributed by atoms with Gasteiger partial charge in [0.2, 0.25) is 5.91 Å². The Kier molecular flexibility index (Phi) is 18.1. The molecule has 0 saturated heterocycles. The van der Waals surface area contributed by atoms with Gasteiger partial charge in [-0.1, -0.05) is 71.6 Å². The summed E-state index contributed by atoms with van der Waals surface area (Å²) in [6.07, 6.45) is 12.3. The molecule has 0 radical (unpaired) electrons. The van der Waals surface area contributed by atoms with Crippen LogP contribution in [0.1, 0.15) is 90.9 Å². The molecule has 0 aromatic rings. The molecule has 0 aliphatic rings. The number of aliphatic carboxylic acids is 2. The summed E-state index contributed by atoms with van der Waals surface area (Å²) in [6, 6.07) is 0. The van der Waals surface area contributed by atoms with E-state index >= 15 is 0 Å². The molecule has 0 aliphatic heterocycles.